The zero-order valence-corrected chi connectivity index (χ0v) is 16.9. The lowest BCUT2D eigenvalue weighted by molar-refractivity contribution is 0.0376. The average Bonchev–Trinajstić information content (AvgIpc) is 2.65. The Morgan fingerprint density at radius 1 is 1.30 bits per heavy atom. The molecule has 0 radical (unpaired) electrons. The number of thiocarbonyl (C=S) groups is 1. The highest BCUT2D eigenvalue weighted by Gasteiger charge is 2.18. The van der Waals surface area contributed by atoms with Crippen molar-refractivity contribution in [2.75, 3.05) is 57.1 Å². The number of aromatic nitrogens is 2. The predicted octanol–water partition coefficient (Wildman–Crippen LogP) is -0.0481. The van der Waals surface area contributed by atoms with Gasteiger partial charge in [0.15, 0.2) is 5.11 Å². The van der Waals surface area contributed by atoms with Gasteiger partial charge in [0.2, 0.25) is 0 Å². The zero-order valence-electron chi connectivity index (χ0n) is 16.1. The maximum absolute atomic E-state index is 12.3. The number of nitrogens with two attached hydrogens (primary N) is 1. The van der Waals surface area contributed by atoms with Crippen LogP contribution in [0.15, 0.2) is 9.59 Å². The zero-order chi connectivity index (χ0) is 19.8. The normalized spacial score (nSPS) is 14.9. The lowest BCUT2D eigenvalue weighted by Crippen LogP contribution is -2.44. The van der Waals surface area contributed by atoms with Gasteiger partial charge in [-0.25, -0.2) is 4.79 Å². The third-order valence-electron chi connectivity index (χ3n) is 4.62. The van der Waals surface area contributed by atoms with Crippen LogP contribution in [0.1, 0.15) is 26.2 Å². The Morgan fingerprint density at radius 2 is 2.00 bits per heavy atom. The number of hydrogen-bond acceptors (Lipinski definition) is 6. The van der Waals surface area contributed by atoms with Gasteiger partial charge in [-0.05, 0) is 31.6 Å². The minimum Gasteiger partial charge on any atom is -0.383 e. The first-order chi connectivity index (χ1) is 13.0. The standard InChI is InChI=1S/C17H30N6O3S/c1-3-4-8-23-14(18)13(15(24)20-16(23)25)21(2)17(27)19-6-5-7-22-9-11-26-12-10-22/h3-12,18H2,1-2H3,(H,19,27)(H,20,24,25). The molecule has 1 fully saturated rings. The molecule has 1 saturated heterocycles. The van der Waals surface area contributed by atoms with E-state index in [0.717, 1.165) is 52.1 Å². The maximum atomic E-state index is 12.3. The van der Waals surface area contributed by atoms with Gasteiger partial charge in [0.1, 0.15) is 11.5 Å². The van der Waals surface area contributed by atoms with Crippen molar-refractivity contribution < 1.29 is 4.74 Å². The Kier molecular flexibility index (Phi) is 8.26. The Bertz CT molecular complexity index is 741. The first-order valence-corrected chi connectivity index (χ1v) is 9.80. The van der Waals surface area contributed by atoms with Crippen LogP contribution in [0.2, 0.25) is 0 Å². The van der Waals surface area contributed by atoms with Gasteiger partial charge in [0.25, 0.3) is 5.56 Å². The third-order valence-corrected chi connectivity index (χ3v) is 5.04. The summed E-state index contributed by atoms with van der Waals surface area (Å²) in [4.78, 5) is 30.5. The summed E-state index contributed by atoms with van der Waals surface area (Å²) in [7, 11) is 1.67. The fourth-order valence-electron chi connectivity index (χ4n) is 2.98. The second-order valence-electron chi connectivity index (χ2n) is 6.60. The molecule has 1 aliphatic heterocycles. The number of hydrogen-bond donors (Lipinski definition) is 3. The fraction of sp³-hybridized carbons (Fsp3) is 0.706. The third kappa shape index (κ3) is 5.78. The highest BCUT2D eigenvalue weighted by Crippen LogP contribution is 2.15. The van der Waals surface area contributed by atoms with Crippen LogP contribution in [0.4, 0.5) is 11.5 Å². The van der Waals surface area contributed by atoms with Gasteiger partial charge in [0, 0.05) is 33.2 Å². The number of morpholine rings is 1. The Balaban J connectivity index is 1.96. The van der Waals surface area contributed by atoms with Crippen molar-refractivity contribution >= 4 is 28.8 Å². The van der Waals surface area contributed by atoms with E-state index >= 15 is 0 Å². The molecule has 9 nitrogen and oxygen atoms in total. The summed E-state index contributed by atoms with van der Waals surface area (Å²) in [5, 5.41) is 3.55. The first-order valence-electron chi connectivity index (χ1n) is 9.40. The molecule has 27 heavy (non-hydrogen) atoms. The summed E-state index contributed by atoms with van der Waals surface area (Å²) in [6, 6.07) is 0. The SMILES string of the molecule is CCCCn1c(N)c(N(C)C(=S)NCCCN2CCOCC2)c(=O)[nH]c1=O. The van der Waals surface area contributed by atoms with Crippen LogP contribution < -0.4 is 27.2 Å². The van der Waals surface area contributed by atoms with E-state index in [1.165, 1.54) is 9.47 Å². The van der Waals surface area contributed by atoms with Crippen LogP contribution in [0.3, 0.4) is 0 Å². The topological polar surface area (TPSA) is 109 Å². The lowest BCUT2D eigenvalue weighted by Gasteiger charge is -2.27. The number of nitrogen functional groups attached to an aromatic ring is 1. The van der Waals surface area contributed by atoms with Gasteiger partial charge >= 0.3 is 5.69 Å². The predicted molar refractivity (Wildman–Crippen MR) is 112 cm³/mol. The molecule has 0 unspecified atom stereocenters. The van der Waals surface area contributed by atoms with Gasteiger partial charge in [0.05, 0.1) is 13.2 Å². The van der Waals surface area contributed by atoms with Gasteiger partial charge < -0.3 is 20.7 Å². The number of unbranched alkanes of at least 4 members (excludes halogenated alkanes) is 1. The molecule has 4 N–H and O–H groups in total. The van der Waals surface area contributed by atoms with Crippen LogP contribution in [0, 0.1) is 0 Å². The Hall–Kier alpha value is -1.91. The van der Waals surface area contributed by atoms with E-state index in [2.05, 4.69) is 15.2 Å². The van der Waals surface area contributed by atoms with Gasteiger partial charge in [-0.15, -0.1) is 0 Å². The molecule has 10 heteroatoms. The van der Waals surface area contributed by atoms with Crippen molar-refractivity contribution in [3.05, 3.63) is 20.8 Å². The van der Waals surface area contributed by atoms with Crippen molar-refractivity contribution in [3.63, 3.8) is 0 Å². The van der Waals surface area contributed by atoms with E-state index in [1.807, 2.05) is 6.92 Å². The molecule has 0 spiro atoms. The van der Waals surface area contributed by atoms with Crippen LogP contribution in [0.25, 0.3) is 0 Å². The van der Waals surface area contributed by atoms with Crippen LogP contribution in [0.5, 0.6) is 0 Å². The van der Waals surface area contributed by atoms with Crippen molar-refractivity contribution in [1.29, 1.82) is 0 Å². The van der Waals surface area contributed by atoms with Crippen molar-refractivity contribution in [3.8, 4) is 0 Å². The van der Waals surface area contributed by atoms with Crippen LogP contribution in [-0.4, -0.2) is 66.0 Å². The number of aromatic amines is 1. The molecular formula is C17H30N6O3S. The second-order valence-corrected chi connectivity index (χ2v) is 6.98. The van der Waals surface area contributed by atoms with Crippen molar-refractivity contribution in [1.82, 2.24) is 19.8 Å². The quantitative estimate of drug-likeness (QED) is 0.413. The molecule has 0 aromatic carbocycles. The molecule has 1 aromatic heterocycles. The number of nitrogens with zero attached hydrogens (tertiary/aromatic N) is 3. The van der Waals surface area contributed by atoms with E-state index < -0.39 is 11.2 Å². The first kappa shape index (κ1) is 21.4. The maximum Gasteiger partial charge on any atom is 0.330 e. The monoisotopic (exact) mass is 398 g/mol. The Labute approximate surface area is 164 Å². The lowest BCUT2D eigenvalue weighted by atomic mass is 10.3. The van der Waals surface area contributed by atoms with Crippen LogP contribution in [-0.2, 0) is 11.3 Å². The summed E-state index contributed by atoms with van der Waals surface area (Å²) in [6.45, 7) is 7.61. The van der Waals surface area contributed by atoms with E-state index in [9.17, 15) is 9.59 Å². The molecule has 1 aromatic rings. The molecular weight excluding hydrogens is 368 g/mol. The molecule has 2 heterocycles. The average molecular weight is 399 g/mol. The highest BCUT2D eigenvalue weighted by atomic mass is 32.1. The Morgan fingerprint density at radius 3 is 2.67 bits per heavy atom. The van der Waals surface area contributed by atoms with E-state index in [-0.39, 0.29) is 11.5 Å². The number of H-pyrrole nitrogens is 1. The molecule has 152 valence electrons. The largest absolute Gasteiger partial charge is 0.383 e. The number of ether oxygens (including phenoxy) is 1. The minimum atomic E-state index is -0.537. The summed E-state index contributed by atoms with van der Waals surface area (Å²) in [5.74, 6) is 0.136. The van der Waals surface area contributed by atoms with Crippen molar-refractivity contribution in [2.24, 2.45) is 0 Å². The second kappa shape index (κ2) is 10.4. The van der Waals surface area contributed by atoms with E-state index in [4.69, 9.17) is 22.7 Å². The summed E-state index contributed by atoms with van der Waals surface area (Å²) in [6.07, 6.45) is 2.64. The number of nitrogens with one attached hydrogen (secondary N) is 2. The smallest absolute Gasteiger partial charge is 0.330 e. The molecule has 0 amide bonds. The molecule has 0 atom stereocenters. The van der Waals surface area contributed by atoms with E-state index in [1.54, 1.807) is 7.05 Å². The molecule has 0 bridgehead atoms. The van der Waals surface area contributed by atoms with Gasteiger partial charge in [-0.1, -0.05) is 13.3 Å². The van der Waals surface area contributed by atoms with Crippen LogP contribution >= 0.6 is 12.2 Å². The molecule has 0 aliphatic carbocycles. The number of anilines is 2. The molecule has 0 saturated carbocycles. The van der Waals surface area contributed by atoms with Gasteiger partial charge in [-0.2, -0.15) is 0 Å². The highest BCUT2D eigenvalue weighted by molar-refractivity contribution is 7.80. The molecule has 2 rings (SSSR count). The van der Waals surface area contributed by atoms with Crippen molar-refractivity contribution in [2.45, 2.75) is 32.7 Å². The van der Waals surface area contributed by atoms with E-state index in [0.29, 0.717) is 18.2 Å². The fourth-order valence-corrected chi connectivity index (χ4v) is 3.18. The summed E-state index contributed by atoms with van der Waals surface area (Å²) in [5.41, 5.74) is 5.27. The summed E-state index contributed by atoms with van der Waals surface area (Å²) >= 11 is 5.40. The molecule has 1 aliphatic rings. The minimum absolute atomic E-state index is 0.136. The summed E-state index contributed by atoms with van der Waals surface area (Å²) < 4.78 is 6.72. The number of rotatable bonds is 8. The van der Waals surface area contributed by atoms with Gasteiger partial charge in [-0.3, -0.25) is 19.2 Å².